The van der Waals surface area contributed by atoms with Crippen LogP contribution in [0.1, 0.15) is 49.8 Å². The van der Waals surface area contributed by atoms with Gasteiger partial charge in [-0.2, -0.15) is 0 Å². The summed E-state index contributed by atoms with van der Waals surface area (Å²) in [6.07, 6.45) is 3.59. The second-order valence-electron chi connectivity index (χ2n) is 5.66. The molecule has 0 heterocycles. The minimum atomic E-state index is -0.597. The lowest BCUT2D eigenvalue weighted by Crippen LogP contribution is -2.11. The summed E-state index contributed by atoms with van der Waals surface area (Å²) < 4.78 is 5.52. The van der Waals surface area contributed by atoms with Crippen molar-refractivity contribution in [3.05, 3.63) is 77.4 Å². The molecule has 2 aromatic carbocycles. The molecule has 23 heavy (non-hydrogen) atoms. The molecule has 2 atom stereocenters. The molecule has 0 radical (unpaired) electrons. The van der Waals surface area contributed by atoms with Crippen molar-refractivity contribution in [1.29, 1.82) is 0 Å². The normalized spacial score (nSPS) is 13.2. The molecule has 0 aliphatic carbocycles. The van der Waals surface area contributed by atoms with Crippen molar-refractivity contribution >= 4 is 0 Å². The maximum absolute atomic E-state index is 11.0. The van der Waals surface area contributed by atoms with E-state index in [1.165, 1.54) is 5.57 Å². The zero-order chi connectivity index (χ0) is 16.7. The number of aliphatic hydroxyl groups is 1. The Balaban J connectivity index is 2.49. The Morgan fingerprint density at radius 3 is 2.22 bits per heavy atom. The lowest BCUT2D eigenvalue weighted by molar-refractivity contribution is 0.160. The van der Waals surface area contributed by atoms with Crippen molar-refractivity contribution in [2.75, 3.05) is 7.11 Å². The maximum atomic E-state index is 11.0. The van der Waals surface area contributed by atoms with Crippen molar-refractivity contribution in [3.8, 4) is 5.75 Å². The standard InChI is InChI=1S/C21H26O2/c1-4-16(5-2)15-19(18-13-9-10-14-20(18)23-3)21(22)17-11-7-6-8-12-17/h6-15,19,21-22H,4-5H2,1-3H3. The first-order valence-corrected chi connectivity index (χ1v) is 8.26. The van der Waals surface area contributed by atoms with Crippen molar-refractivity contribution in [2.45, 2.75) is 38.7 Å². The lowest BCUT2D eigenvalue weighted by Gasteiger charge is -2.24. The first-order chi connectivity index (χ1) is 11.2. The highest BCUT2D eigenvalue weighted by Gasteiger charge is 2.23. The fourth-order valence-electron chi connectivity index (χ4n) is 2.89. The molecule has 0 aliphatic rings. The van der Waals surface area contributed by atoms with Gasteiger partial charge in [-0.1, -0.05) is 74.0 Å². The van der Waals surface area contributed by atoms with Crippen LogP contribution in [0.5, 0.6) is 5.75 Å². The number of rotatable bonds is 7. The molecule has 0 fully saturated rings. The van der Waals surface area contributed by atoms with Crippen LogP contribution in [0.25, 0.3) is 0 Å². The molecule has 0 spiro atoms. The average Bonchev–Trinajstić information content (AvgIpc) is 2.63. The highest BCUT2D eigenvalue weighted by Crippen LogP contribution is 2.38. The summed E-state index contributed by atoms with van der Waals surface area (Å²) in [5.41, 5.74) is 3.29. The van der Waals surface area contributed by atoms with E-state index in [-0.39, 0.29) is 5.92 Å². The Hall–Kier alpha value is -2.06. The minimum Gasteiger partial charge on any atom is -0.496 e. The second kappa shape index (κ2) is 8.54. The van der Waals surface area contributed by atoms with E-state index in [0.29, 0.717) is 0 Å². The predicted octanol–water partition coefficient (Wildman–Crippen LogP) is 5.26. The van der Waals surface area contributed by atoms with Crippen LogP contribution in [0.3, 0.4) is 0 Å². The number of allylic oxidation sites excluding steroid dienone is 1. The van der Waals surface area contributed by atoms with Crippen LogP contribution in [-0.4, -0.2) is 12.2 Å². The molecule has 0 aliphatic heterocycles. The first kappa shape index (κ1) is 17.3. The fourth-order valence-corrected chi connectivity index (χ4v) is 2.89. The zero-order valence-corrected chi connectivity index (χ0v) is 14.2. The number of hydrogen-bond donors (Lipinski definition) is 1. The van der Waals surface area contributed by atoms with Gasteiger partial charge >= 0.3 is 0 Å². The van der Waals surface area contributed by atoms with Crippen LogP contribution in [0.15, 0.2) is 66.2 Å². The SMILES string of the molecule is CCC(=CC(c1ccccc1OC)C(O)c1ccccc1)CC. The largest absolute Gasteiger partial charge is 0.496 e. The van der Waals surface area contributed by atoms with Gasteiger partial charge in [0.2, 0.25) is 0 Å². The number of hydrogen-bond acceptors (Lipinski definition) is 2. The summed E-state index contributed by atoms with van der Waals surface area (Å²) in [7, 11) is 1.68. The van der Waals surface area contributed by atoms with Gasteiger partial charge in [-0.15, -0.1) is 0 Å². The van der Waals surface area contributed by atoms with Crippen molar-refractivity contribution in [2.24, 2.45) is 0 Å². The topological polar surface area (TPSA) is 29.5 Å². The molecule has 2 nitrogen and oxygen atoms in total. The van der Waals surface area contributed by atoms with Gasteiger partial charge in [0.25, 0.3) is 0 Å². The number of para-hydroxylation sites is 1. The number of ether oxygens (including phenoxy) is 1. The molecular formula is C21H26O2. The molecule has 0 amide bonds. The zero-order valence-electron chi connectivity index (χ0n) is 14.2. The van der Waals surface area contributed by atoms with Crippen molar-refractivity contribution in [1.82, 2.24) is 0 Å². The smallest absolute Gasteiger partial charge is 0.122 e. The van der Waals surface area contributed by atoms with Gasteiger partial charge < -0.3 is 9.84 Å². The highest BCUT2D eigenvalue weighted by molar-refractivity contribution is 5.41. The van der Waals surface area contributed by atoms with E-state index in [2.05, 4.69) is 19.9 Å². The molecular weight excluding hydrogens is 284 g/mol. The minimum absolute atomic E-state index is 0.122. The van der Waals surface area contributed by atoms with Crippen LogP contribution in [0.4, 0.5) is 0 Å². The van der Waals surface area contributed by atoms with Crippen LogP contribution < -0.4 is 4.74 Å². The van der Waals surface area contributed by atoms with E-state index >= 15 is 0 Å². The van der Waals surface area contributed by atoms with Crippen LogP contribution in [0.2, 0.25) is 0 Å². The van der Waals surface area contributed by atoms with E-state index < -0.39 is 6.10 Å². The van der Waals surface area contributed by atoms with E-state index in [1.54, 1.807) is 7.11 Å². The van der Waals surface area contributed by atoms with E-state index in [0.717, 1.165) is 29.7 Å². The Bertz CT molecular complexity index is 625. The lowest BCUT2D eigenvalue weighted by atomic mass is 9.86. The van der Waals surface area contributed by atoms with E-state index in [1.807, 2.05) is 54.6 Å². The number of aliphatic hydroxyl groups excluding tert-OH is 1. The quantitative estimate of drug-likeness (QED) is 0.707. The molecule has 2 unspecified atom stereocenters. The number of methoxy groups -OCH3 is 1. The molecule has 0 bridgehead atoms. The number of benzene rings is 2. The molecule has 2 rings (SSSR count). The third-order valence-corrected chi connectivity index (χ3v) is 4.30. The summed E-state index contributed by atoms with van der Waals surface area (Å²) in [4.78, 5) is 0. The van der Waals surface area contributed by atoms with Gasteiger partial charge in [-0.25, -0.2) is 0 Å². The summed E-state index contributed by atoms with van der Waals surface area (Å²) in [5.74, 6) is 0.693. The van der Waals surface area contributed by atoms with Crippen molar-refractivity contribution in [3.63, 3.8) is 0 Å². The third kappa shape index (κ3) is 4.23. The molecule has 1 N–H and O–H groups in total. The van der Waals surface area contributed by atoms with Crippen LogP contribution >= 0.6 is 0 Å². The average molecular weight is 310 g/mol. The Kier molecular flexibility index (Phi) is 6.42. The monoisotopic (exact) mass is 310 g/mol. The second-order valence-corrected chi connectivity index (χ2v) is 5.66. The molecule has 0 saturated carbocycles. The van der Waals surface area contributed by atoms with Crippen LogP contribution in [-0.2, 0) is 0 Å². The predicted molar refractivity (Wildman–Crippen MR) is 95.8 cm³/mol. The molecule has 2 aromatic rings. The van der Waals surface area contributed by atoms with Gasteiger partial charge in [0.05, 0.1) is 13.2 Å². The van der Waals surface area contributed by atoms with Gasteiger partial charge in [-0.05, 0) is 24.5 Å². The summed E-state index contributed by atoms with van der Waals surface area (Å²) in [6.45, 7) is 4.31. The van der Waals surface area contributed by atoms with Gasteiger partial charge in [0.1, 0.15) is 5.75 Å². The molecule has 0 aromatic heterocycles. The first-order valence-electron chi connectivity index (χ1n) is 8.26. The Morgan fingerprint density at radius 1 is 1.00 bits per heavy atom. The Morgan fingerprint density at radius 2 is 1.61 bits per heavy atom. The van der Waals surface area contributed by atoms with Gasteiger partial charge in [0, 0.05) is 11.5 Å². The van der Waals surface area contributed by atoms with Gasteiger partial charge in [0.15, 0.2) is 0 Å². The van der Waals surface area contributed by atoms with E-state index in [9.17, 15) is 5.11 Å². The highest BCUT2D eigenvalue weighted by atomic mass is 16.5. The fraction of sp³-hybridized carbons (Fsp3) is 0.333. The summed E-state index contributed by atoms with van der Waals surface area (Å²) in [6, 6.07) is 17.8. The summed E-state index contributed by atoms with van der Waals surface area (Å²) >= 11 is 0. The summed E-state index contributed by atoms with van der Waals surface area (Å²) in [5, 5.41) is 11.0. The Labute approximate surface area is 139 Å². The van der Waals surface area contributed by atoms with Crippen molar-refractivity contribution < 1.29 is 9.84 Å². The maximum Gasteiger partial charge on any atom is 0.122 e. The van der Waals surface area contributed by atoms with Crippen LogP contribution in [0, 0.1) is 0 Å². The van der Waals surface area contributed by atoms with Gasteiger partial charge in [-0.3, -0.25) is 0 Å². The molecule has 2 heteroatoms. The molecule has 0 saturated heterocycles. The molecule has 122 valence electrons. The van der Waals surface area contributed by atoms with E-state index in [4.69, 9.17) is 4.74 Å². The third-order valence-electron chi connectivity index (χ3n) is 4.30.